The van der Waals surface area contributed by atoms with Crippen molar-refractivity contribution in [3.05, 3.63) is 29.8 Å². The maximum Gasteiger partial charge on any atom is 0.123 e. The van der Waals surface area contributed by atoms with Crippen molar-refractivity contribution < 1.29 is 4.74 Å². The van der Waals surface area contributed by atoms with Gasteiger partial charge in [-0.05, 0) is 13.0 Å². The second kappa shape index (κ2) is 6.92. The highest BCUT2D eigenvalue weighted by Gasteiger charge is 2.00. The normalized spacial score (nSPS) is 9.60. The van der Waals surface area contributed by atoms with Crippen LogP contribution in [0.15, 0.2) is 24.3 Å². The van der Waals surface area contributed by atoms with E-state index in [9.17, 15) is 0 Å². The minimum Gasteiger partial charge on any atom is -0.494 e. The molecule has 0 spiro atoms. The molecule has 0 aliphatic carbocycles. The Hall–Kier alpha value is -1.46. The van der Waals surface area contributed by atoms with Crippen LogP contribution >= 0.6 is 0 Å². The van der Waals surface area contributed by atoms with E-state index in [1.54, 1.807) is 0 Å². The van der Waals surface area contributed by atoms with Crippen LogP contribution in [0.3, 0.4) is 0 Å². The standard InChI is InChI=1S/C13H17NO/c1-3-5-10-14-11-12-8-6-7-9-13(12)15-4-2/h1,6-9,14H,4-5,10-11H2,2H3. The molecule has 1 aromatic rings. The van der Waals surface area contributed by atoms with Gasteiger partial charge in [0.1, 0.15) is 5.75 Å². The van der Waals surface area contributed by atoms with Crippen LogP contribution in [0.5, 0.6) is 5.75 Å². The third-order valence-electron chi connectivity index (χ3n) is 2.03. The highest BCUT2D eigenvalue weighted by molar-refractivity contribution is 5.33. The number of hydrogen-bond acceptors (Lipinski definition) is 2. The Morgan fingerprint density at radius 1 is 1.40 bits per heavy atom. The third kappa shape index (κ3) is 4.05. The molecule has 0 unspecified atom stereocenters. The van der Waals surface area contributed by atoms with Crippen LogP contribution in [0, 0.1) is 12.3 Å². The number of ether oxygens (including phenoxy) is 1. The van der Waals surface area contributed by atoms with Crippen LogP contribution in [0.25, 0.3) is 0 Å². The molecule has 2 heteroatoms. The molecule has 0 fully saturated rings. The summed E-state index contributed by atoms with van der Waals surface area (Å²) in [6.07, 6.45) is 5.93. The van der Waals surface area contributed by atoms with Crippen molar-refractivity contribution in [2.75, 3.05) is 13.2 Å². The molecule has 0 aliphatic heterocycles. The number of rotatable bonds is 6. The number of para-hydroxylation sites is 1. The van der Waals surface area contributed by atoms with Crippen molar-refractivity contribution in [2.24, 2.45) is 0 Å². The van der Waals surface area contributed by atoms with Gasteiger partial charge in [0.15, 0.2) is 0 Å². The summed E-state index contributed by atoms with van der Waals surface area (Å²) >= 11 is 0. The lowest BCUT2D eigenvalue weighted by Gasteiger charge is -2.10. The molecular weight excluding hydrogens is 186 g/mol. The van der Waals surface area contributed by atoms with Gasteiger partial charge in [-0.1, -0.05) is 18.2 Å². The minimum atomic E-state index is 0.696. The Kier molecular flexibility index (Phi) is 5.35. The van der Waals surface area contributed by atoms with Crippen LogP contribution in [0.4, 0.5) is 0 Å². The van der Waals surface area contributed by atoms with Gasteiger partial charge in [0.2, 0.25) is 0 Å². The first kappa shape index (κ1) is 11.6. The van der Waals surface area contributed by atoms with E-state index < -0.39 is 0 Å². The SMILES string of the molecule is C#CCCNCc1ccccc1OCC. The summed E-state index contributed by atoms with van der Waals surface area (Å²) < 4.78 is 5.51. The minimum absolute atomic E-state index is 0.696. The molecular formula is C13H17NO. The molecule has 0 saturated heterocycles. The first-order valence-corrected chi connectivity index (χ1v) is 5.23. The van der Waals surface area contributed by atoms with Crippen molar-refractivity contribution in [1.29, 1.82) is 0 Å². The molecule has 0 aliphatic rings. The van der Waals surface area contributed by atoms with Gasteiger partial charge >= 0.3 is 0 Å². The van der Waals surface area contributed by atoms with Crippen LogP contribution < -0.4 is 10.1 Å². The Morgan fingerprint density at radius 3 is 2.93 bits per heavy atom. The quantitative estimate of drug-likeness (QED) is 0.565. The van der Waals surface area contributed by atoms with Crippen molar-refractivity contribution in [3.8, 4) is 18.1 Å². The van der Waals surface area contributed by atoms with Crippen LogP contribution in [0.1, 0.15) is 18.9 Å². The molecule has 0 radical (unpaired) electrons. The summed E-state index contributed by atoms with van der Waals surface area (Å²) in [6, 6.07) is 8.05. The molecule has 15 heavy (non-hydrogen) atoms. The summed E-state index contributed by atoms with van der Waals surface area (Å²) in [6.45, 7) is 4.33. The summed E-state index contributed by atoms with van der Waals surface area (Å²) in [7, 11) is 0. The van der Waals surface area contributed by atoms with E-state index in [4.69, 9.17) is 11.2 Å². The zero-order valence-electron chi connectivity index (χ0n) is 9.12. The molecule has 1 aromatic carbocycles. The number of benzene rings is 1. The molecule has 0 bridgehead atoms. The summed E-state index contributed by atoms with van der Waals surface area (Å²) in [5.74, 6) is 3.55. The lowest BCUT2D eigenvalue weighted by molar-refractivity contribution is 0.335. The summed E-state index contributed by atoms with van der Waals surface area (Å²) in [4.78, 5) is 0. The molecule has 80 valence electrons. The average Bonchev–Trinajstić information content (AvgIpc) is 2.27. The van der Waals surface area contributed by atoms with E-state index in [0.29, 0.717) is 6.61 Å². The van der Waals surface area contributed by atoms with Gasteiger partial charge in [-0.2, -0.15) is 0 Å². The van der Waals surface area contributed by atoms with Gasteiger partial charge in [0.05, 0.1) is 6.61 Å². The van der Waals surface area contributed by atoms with Gasteiger partial charge in [-0.3, -0.25) is 0 Å². The second-order valence-corrected chi connectivity index (χ2v) is 3.17. The fourth-order valence-electron chi connectivity index (χ4n) is 1.33. The largest absolute Gasteiger partial charge is 0.494 e. The Labute approximate surface area is 91.6 Å². The molecule has 2 nitrogen and oxygen atoms in total. The van der Waals surface area contributed by atoms with E-state index in [1.807, 2.05) is 25.1 Å². The predicted octanol–water partition coefficient (Wildman–Crippen LogP) is 2.20. The van der Waals surface area contributed by atoms with Gasteiger partial charge in [0, 0.05) is 25.1 Å². The van der Waals surface area contributed by atoms with E-state index in [2.05, 4.69) is 17.3 Å². The first-order valence-electron chi connectivity index (χ1n) is 5.23. The molecule has 0 amide bonds. The monoisotopic (exact) mass is 203 g/mol. The second-order valence-electron chi connectivity index (χ2n) is 3.17. The highest BCUT2D eigenvalue weighted by atomic mass is 16.5. The van der Waals surface area contributed by atoms with Crippen molar-refractivity contribution in [2.45, 2.75) is 19.9 Å². The number of terminal acetylenes is 1. The van der Waals surface area contributed by atoms with E-state index in [0.717, 1.165) is 25.3 Å². The molecule has 1 rings (SSSR count). The van der Waals surface area contributed by atoms with Crippen LogP contribution in [0.2, 0.25) is 0 Å². The maximum absolute atomic E-state index is 5.51. The Balaban J connectivity index is 2.48. The Bertz CT molecular complexity index is 328. The molecule has 1 N–H and O–H groups in total. The van der Waals surface area contributed by atoms with Crippen LogP contribution in [-0.4, -0.2) is 13.2 Å². The smallest absolute Gasteiger partial charge is 0.123 e. The first-order chi connectivity index (χ1) is 7.38. The van der Waals surface area contributed by atoms with Crippen molar-refractivity contribution in [1.82, 2.24) is 5.32 Å². The highest BCUT2D eigenvalue weighted by Crippen LogP contribution is 2.17. The van der Waals surface area contributed by atoms with Gasteiger partial charge in [-0.25, -0.2) is 0 Å². The average molecular weight is 203 g/mol. The fourth-order valence-corrected chi connectivity index (χ4v) is 1.33. The lowest BCUT2D eigenvalue weighted by Crippen LogP contribution is -2.14. The van der Waals surface area contributed by atoms with E-state index >= 15 is 0 Å². The zero-order chi connectivity index (χ0) is 10.9. The molecule has 0 atom stereocenters. The molecule has 0 saturated carbocycles. The number of hydrogen-bond donors (Lipinski definition) is 1. The van der Waals surface area contributed by atoms with Gasteiger partial charge < -0.3 is 10.1 Å². The lowest BCUT2D eigenvalue weighted by atomic mass is 10.2. The topological polar surface area (TPSA) is 21.3 Å². The van der Waals surface area contributed by atoms with Crippen LogP contribution in [-0.2, 0) is 6.54 Å². The Morgan fingerprint density at radius 2 is 2.20 bits per heavy atom. The van der Waals surface area contributed by atoms with Crippen molar-refractivity contribution >= 4 is 0 Å². The molecule has 0 heterocycles. The fraction of sp³-hybridized carbons (Fsp3) is 0.385. The zero-order valence-corrected chi connectivity index (χ0v) is 9.12. The number of nitrogens with one attached hydrogen (secondary N) is 1. The van der Waals surface area contributed by atoms with Crippen molar-refractivity contribution in [3.63, 3.8) is 0 Å². The summed E-state index contributed by atoms with van der Waals surface area (Å²) in [5.41, 5.74) is 1.18. The molecule has 0 aromatic heterocycles. The maximum atomic E-state index is 5.51. The predicted molar refractivity (Wildman–Crippen MR) is 62.8 cm³/mol. The third-order valence-corrected chi connectivity index (χ3v) is 2.03. The van der Waals surface area contributed by atoms with Gasteiger partial charge in [0.25, 0.3) is 0 Å². The van der Waals surface area contributed by atoms with E-state index in [1.165, 1.54) is 5.56 Å². The summed E-state index contributed by atoms with van der Waals surface area (Å²) in [5, 5.41) is 3.28. The van der Waals surface area contributed by atoms with E-state index in [-0.39, 0.29) is 0 Å². The van der Waals surface area contributed by atoms with Gasteiger partial charge in [-0.15, -0.1) is 12.3 Å².